The van der Waals surface area contributed by atoms with Crippen molar-refractivity contribution in [2.24, 2.45) is 5.92 Å². The van der Waals surface area contributed by atoms with Gasteiger partial charge >= 0.3 is 12.1 Å². The predicted octanol–water partition coefficient (Wildman–Crippen LogP) is 11.3. The monoisotopic (exact) mass is 802 g/mol. The molecule has 2 amide bonds. The molecule has 0 bridgehead atoms. The number of ether oxygens (including phenoxy) is 1. The van der Waals surface area contributed by atoms with Crippen LogP contribution in [0.15, 0.2) is 133 Å². The van der Waals surface area contributed by atoms with Gasteiger partial charge in [0.05, 0.1) is 24.1 Å². The molecule has 0 aliphatic carbocycles. The van der Waals surface area contributed by atoms with Gasteiger partial charge in [-0.3, -0.25) is 4.79 Å². The maximum atomic E-state index is 15.2. The minimum absolute atomic E-state index is 0.0218. The molecule has 1 saturated heterocycles. The zero-order chi connectivity index (χ0) is 41.6. The molecule has 2 N–H and O–H groups in total. The summed E-state index contributed by atoms with van der Waals surface area (Å²) in [4.78, 5) is 42.0. The number of benzene rings is 5. The van der Waals surface area contributed by atoms with E-state index in [0.717, 1.165) is 16.7 Å². The van der Waals surface area contributed by atoms with Crippen molar-refractivity contribution >= 4 is 37.5 Å². The van der Waals surface area contributed by atoms with Gasteiger partial charge in [0.25, 0.3) is 0 Å². The SMILES string of the molecule is CC(C)(C)[Si](C)(C)OC/C(=C/C[C@@H](C(=O)N1C(=O)OC[C@@H]1c1ccccc1)[C@H](Nc1ccc(F)cc1)c1ccc(-c2ccccc2C(=O)O)cc1)c1ccc(F)cc1. The highest BCUT2D eigenvalue weighted by Gasteiger charge is 2.44. The molecule has 0 aromatic heterocycles. The second-order valence-corrected chi connectivity index (χ2v) is 20.8. The van der Waals surface area contributed by atoms with Crippen LogP contribution in [0.2, 0.25) is 18.1 Å². The average molecular weight is 803 g/mol. The lowest BCUT2D eigenvalue weighted by molar-refractivity contribution is -0.134. The Bertz CT molecular complexity index is 2260. The van der Waals surface area contributed by atoms with Gasteiger partial charge in [0.15, 0.2) is 8.32 Å². The lowest BCUT2D eigenvalue weighted by Crippen LogP contribution is -2.42. The largest absolute Gasteiger partial charge is 0.478 e. The Labute approximate surface area is 339 Å². The molecule has 0 radical (unpaired) electrons. The van der Waals surface area contributed by atoms with Gasteiger partial charge in [-0.2, -0.15) is 0 Å². The van der Waals surface area contributed by atoms with E-state index in [9.17, 15) is 23.5 Å². The smallest absolute Gasteiger partial charge is 0.417 e. The molecule has 11 heteroatoms. The summed E-state index contributed by atoms with van der Waals surface area (Å²) >= 11 is 0. The minimum Gasteiger partial charge on any atom is -0.478 e. The highest BCUT2D eigenvalue weighted by Crippen LogP contribution is 2.40. The maximum absolute atomic E-state index is 15.2. The van der Waals surface area contributed by atoms with Crippen LogP contribution < -0.4 is 5.32 Å². The zero-order valence-corrected chi connectivity index (χ0v) is 34.2. The molecule has 0 unspecified atom stereocenters. The Hall–Kier alpha value is -5.91. The van der Waals surface area contributed by atoms with Crippen molar-refractivity contribution in [3.63, 3.8) is 0 Å². The van der Waals surface area contributed by atoms with E-state index in [-0.39, 0.29) is 36.1 Å². The number of carboxylic acids is 1. The molecule has 1 aliphatic rings. The summed E-state index contributed by atoms with van der Waals surface area (Å²) in [5.74, 6) is -3.36. The normalized spacial score (nSPS) is 15.8. The maximum Gasteiger partial charge on any atom is 0.417 e. The first kappa shape index (κ1) is 41.7. The van der Waals surface area contributed by atoms with E-state index in [1.54, 1.807) is 54.6 Å². The van der Waals surface area contributed by atoms with Gasteiger partial charge in [-0.25, -0.2) is 23.3 Å². The summed E-state index contributed by atoms with van der Waals surface area (Å²) in [6.07, 6.45) is 1.24. The number of carbonyl (C=O) groups is 3. The Kier molecular flexibility index (Phi) is 12.7. The first-order chi connectivity index (χ1) is 27.6. The summed E-state index contributed by atoms with van der Waals surface area (Å²) in [5, 5.41) is 13.3. The van der Waals surface area contributed by atoms with Crippen LogP contribution in [0.25, 0.3) is 16.7 Å². The van der Waals surface area contributed by atoms with Crippen molar-refractivity contribution in [3.8, 4) is 11.1 Å². The summed E-state index contributed by atoms with van der Waals surface area (Å²) in [6, 6.07) is 33.5. The van der Waals surface area contributed by atoms with E-state index in [2.05, 4.69) is 39.2 Å². The third-order valence-corrected chi connectivity index (χ3v) is 15.6. The summed E-state index contributed by atoms with van der Waals surface area (Å²) < 4.78 is 40.6. The molecule has 1 aliphatic heterocycles. The van der Waals surface area contributed by atoms with Crippen LogP contribution in [0.5, 0.6) is 0 Å². The van der Waals surface area contributed by atoms with Gasteiger partial charge in [0.1, 0.15) is 24.3 Å². The van der Waals surface area contributed by atoms with Crippen LogP contribution in [-0.4, -0.2) is 49.5 Å². The highest BCUT2D eigenvalue weighted by atomic mass is 28.4. The first-order valence-corrected chi connectivity index (χ1v) is 22.1. The topological polar surface area (TPSA) is 105 Å². The van der Waals surface area contributed by atoms with E-state index in [1.807, 2.05) is 48.5 Å². The van der Waals surface area contributed by atoms with Crippen LogP contribution in [0, 0.1) is 17.6 Å². The summed E-state index contributed by atoms with van der Waals surface area (Å²) in [5.41, 5.74) is 4.69. The second kappa shape index (κ2) is 17.7. The van der Waals surface area contributed by atoms with Gasteiger partial charge in [-0.05, 0) is 100 Å². The van der Waals surface area contributed by atoms with Crippen molar-refractivity contribution in [2.75, 3.05) is 18.5 Å². The van der Waals surface area contributed by atoms with Gasteiger partial charge in [-0.1, -0.05) is 112 Å². The van der Waals surface area contributed by atoms with E-state index in [4.69, 9.17) is 9.16 Å². The van der Waals surface area contributed by atoms with Crippen molar-refractivity contribution in [2.45, 2.75) is 57.4 Å². The molecular weight excluding hydrogens is 755 g/mol. The van der Waals surface area contributed by atoms with Crippen LogP contribution in [0.4, 0.5) is 19.3 Å². The second-order valence-electron chi connectivity index (χ2n) is 15.9. The molecule has 1 fully saturated rings. The Morgan fingerprint density at radius 1 is 0.879 bits per heavy atom. The number of anilines is 1. The molecule has 5 aromatic rings. The van der Waals surface area contributed by atoms with E-state index in [1.165, 1.54) is 35.2 Å². The number of aromatic carboxylic acids is 1. The van der Waals surface area contributed by atoms with Crippen LogP contribution in [0.3, 0.4) is 0 Å². The number of allylic oxidation sites excluding steroid dienone is 1. The number of halogens is 2. The van der Waals surface area contributed by atoms with Crippen LogP contribution in [-0.2, 0) is 14.0 Å². The number of amides is 2. The van der Waals surface area contributed by atoms with E-state index in [0.29, 0.717) is 22.4 Å². The van der Waals surface area contributed by atoms with E-state index < -0.39 is 50.1 Å². The number of nitrogens with one attached hydrogen (secondary N) is 1. The fourth-order valence-electron chi connectivity index (χ4n) is 6.74. The molecule has 6 rings (SSSR count). The third kappa shape index (κ3) is 9.61. The average Bonchev–Trinajstić information content (AvgIpc) is 3.60. The summed E-state index contributed by atoms with van der Waals surface area (Å²) in [7, 11) is -2.27. The molecule has 1 heterocycles. The number of hydrogen-bond donors (Lipinski definition) is 2. The Morgan fingerprint density at radius 2 is 1.48 bits per heavy atom. The molecule has 8 nitrogen and oxygen atoms in total. The lowest BCUT2D eigenvalue weighted by Gasteiger charge is -2.36. The van der Waals surface area contributed by atoms with Gasteiger partial charge in [-0.15, -0.1) is 0 Å². The fourth-order valence-corrected chi connectivity index (χ4v) is 7.69. The Balaban J connectivity index is 1.49. The van der Waals surface area contributed by atoms with Crippen molar-refractivity contribution < 1.29 is 37.4 Å². The zero-order valence-electron chi connectivity index (χ0n) is 33.2. The quantitative estimate of drug-likeness (QED) is 0.108. The molecule has 5 aromatic carbocycles. The number of carbonyl (C=O) groups excluding carboxylic acids is 2. The van der Waals surface area contributed by atoms with Gasteiger partial charge in [0, 0.05) is 5.69 Å². The number of imide groups is 1. The van der Waals surface area contributed by atoms with Crippen LogP contribution in [0.1, 0.15) is 66.3 Å². The summed E-state index contributed by atoms with van der Waals surface area (Å²) in [6.45, 7) is 10.9. The number of nitrogens with zero attached hydrogens (tertiary/aromatic N) is 1. The van der Waals surface area contributed by atoms with Gasteiger partial charge in [0.2, 0.25) is 5.91 Å². The molecule has 58 heavy (non-hydrogen) atoms. The minimum atomic E-state index is -2.27. The molecular formula is C47H48F2N2O6Si. The highest BCUT2D eigenvalue weighted by molar-refractivity contribution is 6.74. The molecule has 0 saturated carbocycles. The lowest BCUT2D eigenvalue weighted by atomic mass is 9.86. The number of carboxylic acid groups (broad SMARTS) is 1. The Morgan fingerprint density at radius 3 is 2.10 bits per heavy atom. The van der Waals surface area contributed by atoms with E-state index >= 15 is 4.79 Å². The molecule has 3 atom stereocenters. The standard InChI is InChI=1S/C47H48F2N2O6Si/c1-47(2,3)58(4,5)57-29-35(31-19-22-36(48)23-20-31)21-28-41(44(52)51-42(30-56-46(51)55)33-11-7-6-8-12-33)43(50-38-26-24-37(49)25-27-38)34-17-15-32(16-18-34)39-13-9-10-14-40(39)45(53)54/h6-27,41-43,50H,28-30H2,1-5H3,(H,53,54)/b35-21-/t41-,42-,43-/m1/s1. The fraction of sp³-hybridized carbons (Fsp3) is 0.255. The predicted molar refractivity (Wildman–Crippen MR) is 225 cm³/mol. The number of hydrogen-bond acceptors (Lipinski definition) is 6. The van der Waals surface area contributed by atoms with Gasteiger partial charge < -0.3 is 19.6 Å². The van der Waals surface area contributed by atoms with Crippen molar-refractivity contribution in [1.82, 2.24) is 4.90 Å². The first-order valence-electron chi connectivity index (χ1n) is 19.2. The number of cyclic esters (lactones) is 1. The molecule has 300 valence electrons. The van der Waals surface area contributed by atoms with Crippen molar-refractivity contribution in [1.29, 1.82) is 0 Å². The van der Waals surface area contributed by atoms with Crippen molar-refractivity contribution in [3.05, 3.63) is 167 Å². The number of rotatable bonds is 14. The molecule has 0 spiro atoms. The van der Waals surface area contributed by atoms with Crippen LogP contribution >= 0.6 is 0 Å². The third-order valence-electron chi connectivity index (χ3n) is 11.1.